The maximum absolute atomic E-state index is 12.6. The number of carbonyl (C=O) groups excluding carboxylic acids is 1. The SMILES string of the molecule is CCCCc1cc2c(=O)c(C(=O)OCC)c[nH]c2cc1OCCC. The van der Waals surface area contributed by atoms with Gasteiger partial charge in [0, 0.05) is 17.6 Å². The lowest BCUT2D eigenvalue weighted by atomic mass is 10.0. The molecular formula is C19H25NO4. The second-order valence-corrected chi connectivity index (χ2v) is 5.71. The lowest BCUT2D eigenvalue weighted by Crippen LogP contribution is -2.18. The van der Waals surface area contributed by atoms with Crippen molar-refractivity contribution in [1.29, 1.82) is 0 Å². The van der Waals surface area contributed by atoms with Crippen molar-refractivity contribution in [2.45, 2.75) is 46.5 Å². The number of H-pyrrole nitrogens is 1. The van der Waals surface area contributed by atoms with Crippen molar-refractivity contribution in [2.75, 3.05) is 13.2 Å². The van der Waals surface area contributed by atoms with Gasteiger partial charge < -0.3 is 14.5 Å². The lowest BCUT2D eigenvalue weighted by molar-refractivity contribution is 0.0524. The molecule has 0 spiro atoms. The molecule has 0 saturated carbocycles. The summed E-state index contributed by atoms with van der Waals surface area (Å²) in [6.45, 7) is 6.77. The van der Waals surface area contributed by atoms with Gasteiger partial charge in [-0.05, 0) is 37.8 Å². The van der Waals surface area contributed by atoms with Crippen molar-refractivity contribution in [1.82, 2.24) is 4.98 Å². The standard InChI is InChI=1S/C19H25NO4/c1-4-7-8-13-10-14-16(11-17(13)24-9-5-2)20-12-15(18(14)21)19(22)23-6-3/h10-12H,4-9H2,1-3H3,(H,20,21). The number of benzene rings is 1. The highest BCUT2D eigenvalue weighted by atomic mass is 16.5. The van der Waals surface area contributed by atoms with Crippen LogP contribution in [0.4, 0.5) is 0 Å². The van der Waals surface area contributed by atoms with Crippen molar-refractivity contribution >= 4 is 16.9 Å². The van der Waals surface area contributed by atoms with Crippen LogP contribution in [0.5, 0.6) is 5.75 Å². The summed E-state index contributed by atoms with van der Waals surface area (Å²) in [7, 11) is 0. The van der Waals surface area contributed by atoms with E-state index in [2.05, 4.69) is 18.8 Å². The Morgan fingerprint density at radius 2 is 1.96 bits per heavy atom. The predicted molar refractivity (Wildman–Crippen MR) is 94.9 cm³/mol. The number of rotatable bonds is 8. The number of nitrogens with one attached hydrogen (secondary N) is 1. The first-order valence-electron chi connectivity index (χ1n) is 8.60. The van der Waals surface area contributed by atoms with Gasteiger partial charge in [0.1, 0.15) is 11.3 Å². The molecule has 0 aliphatic heterocycles. The number of fused-ring (bicyclic) bond motifs is 1. The summed E-state index contributed by atoms with van der Waals surface area (Å²) in [5, 5.41) is 0.496. The van der Waals surface area contributed by atoms with Gasteiger partial charge in [-0.1, -0.05) is 20.3 Å². The number of aromatic amines is 1. The van der Waals surface area contributed by atoms with Crippen LogP contribution in [0.3, 0.4) is 0 Å². The molecule has 0 fully saturated rings. The fourth-order valence-corrected chi connectivity index (χ4v) is 2.56. The predicted octanol–water partition coefficient (Wildman–Crippen LogP) is 3.84. The first-order valence-corrected chi connectivity index (χ1v) is 8.60. The Labute approximate surface area is 142 Å². The van der Waals surface area contributed by atoms with E-state index >= 15 is 0 Å². The number of aryl methyl sites for hydroxylation is 1. The molecule has 0 aliphatic rings. The van der Waals surface area contributed by atoms with Crippen LogP contribution < -0.4 is 10.2 Å². The van der Waals surface area contributed by atoms with Gasteiger partial charge in [0.25, 0.3) is 0 Å². The zero-order chi connectivity index (χ0) is 17.5. The third kappa shape index (κ3) is 3.96. The average Bonchev–Trinajstić information content (AvgIpc) is 2.58. The second-order valence-electron chi connectivity index (χ2n) is 5.71. The Hall–Kier alpha value is -2.30. The molecule has 1 aromatic carbocycles. The summed E-state index contributed by atoms with van der Waals surface area (Å²) in [4.78, 5) is 27.6. The summed E-state index contributed by atoms with van der Waals surface area (Å²) in [6.07, 6.45) is 5.25. The number of hydrogen-bond donors (Lipinski definition) is 1. The van der Waals surface area contributed by atoms with Crippen LogP contribution in [0.15, 0.2) is 23.1 Å². The molecule has 0 atom stereocenters. The van der Waals surface area contributed by atoms with Gasteiger partial charge in [-0.2, -0.15) is 0 Å². The first kappa shape index (κ1) is 18.0. The zero-order valence-electron chi connectivity index (χ0n) is 14.6. The van der Waals surface area contributed by atoms with E-state index in [0.29, 0.717) is 17.5 Å². The molecule has 0 radical (unpaired) electrons. The fourth-order valence-electron chi connectivity index (χ4n) is 2.56. The highest BCUT2D eigenvalue weighted by Crippen LogP contribution is 2.25. The average molecular weight is 331 g/mol. The Bertz CT molecular complexity index is 764. The Morgan fingerprint density at radius 1 is 1.17 bits per heavy atom. The van der Waals surface area contributed by atoms with E-state index in [9.17, 15) is 9.59 Å². The van der Waals surface area contributed by atoms with Gasteiger partial charge in [-0.3, -0.25) is 4.79 Å². The minimum absolute atomic E-state index is 0.0352. The molecule has 0 aliphatic carbocycles. The van der Waals surface area contributed by atoms with Crippen LogP contribution in [0.25, 0.3) is 10.9 Å². The molecule has 1 N–H and O–H groups in total. The molecule has 0 unspecified atom stereocenters. The van der Waals surface area contributed by atoms with Crippen molar-refractivity contribution in [3.63, 3.8) is 0 Å². The molecule has 5 heteroatoms. The largest absolute Gasteiger partial charge is 0.493 e. The van der Waals surface area contributed by atoms with Crippen molar-refractivity contribution in [3.05, 3.63) is 39.7 Å². The molecule has 0 bridgehead atoms. The van der Waals surface area contributed by atoms with Gasteiger partial charge in [0.2, 0.25) is 5.43 Å². The van der Waals surface area contributed by atoms with Gasteiger partial charge in [0.05, 0.1) is 18.7 Å². The van der Waals surface area contributed by atoms with E-state index in [1.165, 1.54) is 6.20 Å². The number of esters is 1. The van der Waals surface area contributed by atoms with Crippen LogP contribution in [0, 0.1) is 0 Å². The molecule has 0 saturated heterocycles. The zero-order valence-corrected chi connectivity index (χ0v) is 14.6. The summed E-state index contributed by atoms with van der Waals surface area (Å²) >= 11 is 0. The van der Waals surface area contributed by atoms with E-state index in [0.717, 1.165) is 37.0 Å². The maximum atomic E-state index is 12.6. The molecule has 2 aromatic rings. The molecule has 2 rings (SSSR count). The van der Waals surface area contributed by atoms with E-state index < -0.39 is 5.97 Å². The number of unbranched alkanes of at least 4 members (excludes halogenated alkanes) is 1. The topological polar surface area (TPSA) is 68.4 Å². The summed E-state index contributed by atoms with van der Waals surface area (Å²) in [5.74, 6) is 0.208. The summed E-state index contributed by atoms with van der Waals surface area (Å²) in [6, 6.07) is 3.70. The van der Waals surface area contributed by atoms with Crippen LogP contribution in [0.2, 0.25) is 0 Å². The minimum atomic E-state index is -0.595. The van der Waals surface area contributed by atoms with Crippen molar-refractivity contribution in [3.8, 4) is 5.75 Å². The maximum Gasteiger partial charge on any atom is 0.343 e. The molecule has 130 valence electrons. The van der Waals surface area contributed by atoms with Crippen LogP contribution in [-0.2, 0) is 11.2 Å². The second kappa shape index (κ2) is 8.52. The van der Waals surface area contributed by atoms with Crippen molar-refractivity contribution < 1.29 is 14.3 Å². The van der Waals surface area contributed by atoms with Crippen LogP contribution in [-0.4, -0.2) is 24.2 Å². The minimum Gasteiger partial charge on any atom is -0.493 e. The van der Waals surface area contributed by atoms with E-state index in [1.807, 2.05) is 12.1 Å². The Balaban J connectivity index is 2.53. The first-order chi connectivity index (χ1) is 11.6. The van der Waals surface area contributed by atoms with Crippen molar-refractivity contribution in [2.24, 2.45) is 0 Å². The lowest BCUT2D eigenvalue weighted by Gasteiger charge is -2.13. The molecule has 5 nitrogen and oxygen atoms in total. The smallest absolute Gasteiger partial charge is 0.343 e. The third-order valence-corrected chi connectivity index (χ3v) is 3.82. The molecule has 0 amide bonds. The summed E-state index contributed by atoms with van der Waals surface area (Å²) in [5.41, 5.74) is 1.40. The number of ether oxygens (including phenoxy) is 2. The monoisotopic (exact) mass is 331 g/mol. The van der Waals surface area contributed by atoms with E-state index in [-0.39, 0.29) is 17.6 Å². The number of carbonyl (C=O) groups is 1. The molecular weight excluding hydrogens is 306 g/mol. The van der Waals surface area contributed by atoms with Gasteiger partial charge in [-0.15, -0.1) is 0 Å². The normalized spacial score (nSPS) is 10.8. The fraction of sp³-hybridized carbons (Fsp3) is 0.474. The third-order valence-electron chi connectivity index (χ3n) is 3.82. The molecule has 24 heavy (non-hydrogen) atoms. The van der Waals surface area contributed by atoms with Gasteiger partial charge >= 0.3 is 5.97 Å². The number of hydrogen-bond acceptors (Lipinski definition) is 4. The highest BCUT2D eigenvalue weighted by molar-refractivity contribution is 5.94. The quantitative estimate of drug-likeness (QED) is 0.746. The Kier molecular flexibility index (Phi) is 6.41. The highest BCUT2D eigenvalue weighted by Gasteiger charge is 2.16. The van der Waals surface area contributed by atoms with Gasteiger partial charge in [-0.25, -0.2) is 4.79 Å². The van der Waals surface area contributed by atoms with E-state index in [1.54, 1.807) is 6.92 Å². The number of pyridine rings is 1. The Morgan fingerprint density at radius 3 is 2.62 bits per heavy atom. The van der Waals surface area contributed by atoms with E-state index in [4.69, 9.17) is 9.47 Å². The number of aromatic nitrogens is 1. The van der Waals surface area contributed by atoms with Crippen LogP contribution >= 0.6 is 0 Å². The van der Waals surface area contributed by atoms with Crippen LogP contribution in [0.1, 0.15) is 56.0 Å². The molecule has 1 aromatic heterocycles. The van der Waals surface area contributed by atoms with Gasteiger partial charge in [0.15, 0.2) is 0 Å². The summed E-state index contributed by atoms with van der Waals surface area (Å²) < 4.78 is 10.8. The molecule has 1 heterocycles.